The van der Waals surface area contributed by atoms with E-state index in [4.69, 9.17) is 4.74 Å². The standard InChI is InChI=1S/C15H15N3O3/c1-10-3-5-12(9-16-10)15(20)18-17-8-11-4-6-13(19)14(7-11)21-2/h3-9,19H,1-2H3,(H,18,20)/b17-8+. The quantitative estimate of drug-likeness (QED) is 0.663. The van der Waals surface area contributed by atoms with E-state index in [0.717, 1.165) is 5.69 Å². The maximum absolute atomic E-state index is 11.8. The molecule has 0 atom stereocenters. The Hall–Kier alpha value is -2.89. The van der Waals surface area contributed by atoms with Crippen molar-refractivity contribution in [1.82, 2.24) is 10.4 Å². The second-order valence-electron chi connectivity index (χ2n) is 4.32. The van der Waals surface area contributed by atoms with Gasteiger partial charge in [-0.25, -0.2) is 5.43 Å². The van der Waals surface area contributed by atoms with Crippen LogP contribution in [0, 0.1) is 6.92 Å². The Balaban J connectivity index is 2.02. The average molecular weight is 285 g/mol. The number of carbonyl (C=O) groups excluding carboxylic acids is 1. The lowest BCUT2D eigenvalue weighted by atomic mass is 10.2. The van der Waals surface area contributed by atoms with Gasteiger partial charge in [0.2, 0.25) is 0 Å². The number of phenolic OH excluding ortho intramolecular Hbond substituents is 1. The monoisotopic (exact) mass is 285 g/mol. The second-order valence-corrected chi connectivity index (χ2v) is 4.32. The SMILES string of the molecule is COc1cc(/C=N/NC(=O)c2ccc(C)nc2)ccc1O. The molecule has 0 unspecified atom stereocenters. The van der Waals surface area contributed by atoms with Crippen molar-refractivity contribution in [3.05, 3.63) is 53.3 Å². The first-order chi connectivity index (χ1) is 10.1. The predicted molar refractivity (Wildman–Crippen MR) is 78.7 cm³/mol. The van der Waals surface area contributed by atoms with Crippen molar-refractivity contribution in [2.75, 3.05) is 7.11 Å². The van der Waals surface area contributed by atoms with Crippen molar-refractivity contribution in [3.63, 3.8) is 0 Å². The first kappa shape index (κ1) is 14.5. The Kier molecular flexibility index (Phi) is 4.50. The number of hydrazone groups is 1. The number of phenols is 1. The molecule has 2 N–H and O–H groups in total. The van der Waals surface area contributed by atoms with Crippen LogP contribution in [0.25, 0.3) is 0 Å². The molecule has 0 fully saturated rings. The van der Waals surface area contributed by atoms with Gasteiger partial charge in [-0.05, 0) is 42.8 Å². The normalized spacial score (nSPS) is 10.6. The zero-order valence-electron chi connectivity index (χ0n) is 11.7. The number of nitrogens with zero attached hydrogens (tertiary/aromatic N) is 2. The minimum absolute atomic E-state index is 0.0458. The molecule has 0 aliphatic rings. The van der Waals surface area contributed by atoms with Crippen LogP contribution >= 0.6 is 0 Å². The zero-order valence-corrected chi connectivity index (χ0v) is 11.7. The van der Waals surface area contributed by atoms with Gasteiger partial charge in [0.25, 0.3) is 5.91 Å². The third-order valence-corrected chi connectivity index (χ3v) is 2.76. The Bertz CT molecular complexity index is 666. The molecule has 0 saturated heterocycles. The molecule has 1 heterocycles. The van der Waals surface area contributed by atoms with E-state index in [-0.39, 0.29) is 11.7 Å². The molecule has 6 nitrogen and oxygen atoms in total. The lowest BCUT2D eigenvalue weighted by molar-refractivity contribution is 0.0955. The van der Waals surface area contributed by atoms with E-state index in [9.17, 15) is 9.90 Å². The summed E-state index contributed by atoms with van der Waals surface area (Å²) in [6, 6.07) is 8.19. The molecule has 0 saturated carbocycles. The molecule has 0 radical (unpaired) electrons. The van der Waals surface area contributed by atoms with E-state index in [1.54, 1.807) is 24.3 Å². The molecule has 21 heavy (non-hydrogen) atoms. The summed E-state index contributed by atoms with van der Waals surface area (Å²) in [4.78, 5) is 15.8. The third kappa shape index (κ3) is 3.79. The number of hydrogen-bond acceptors (Lipinski definition) is 5. The molecule has 0 bridgehead atoms. The highest BCUT2D eigenvalue weighted by Crippen LogP contribution is 2.25. The molecular formula is C15H15N3O3. The smallest absolute Gasteiger partial charge is 0.272 e. The van der Waals surface area contributed by atoms with Gasteiger partial charge in [0.15, 0.2) is 11.5 Å². The summed E-state index contributed by atoms with van der Waals surface area (Å²) in [5.41, 5.74) is 4.36. The first-order valence-electron chi connectivity index (χ1n) is 6.23. The summed E-state index contributed by atoms with van der Waals surface area (Å²) >= 11 is 0. The summed E-state index contributed by atoms with van der Waals surface area (Å²) in [6.07, 6.45) is 2.95. The maximum atomic E-state index is 11.8. The fourth-order valence-corrected chi connectivity index (χ4v) is 1.61. The summed E-state index contributed by atoms with van der Waals surface area (Å²) in [7, 11) is 1.46. The molecule has 1 amide bonds. The number of hydrogen-bond donors (Lipinski definition) is 2. The van der Waals surface area contributed by atoms with Gasteiger partial charge in [-0.1, -0.05) is 0 Å². The fraction of sp³-hybridized carbons (Fsp3) is 0.133. The van der Waals surface area contributed by atoms with Crippen molar-refractivity contribution in [2.45, 2.75) is 6.92 Å². The van der Waals surface area contributed by atoms with E-state index < -0.39 is 0 Å². The number of nitrogens with one attached hydrogen (secondary N) is 1. The van der Waals surface area contributed by atoms with Gasteiger partial charge in [0.05, 0.1) is 18.9 Å². The Labute approximate surface area is 122 Å². The summed E-state index contributed by atoms with van der Waals surface area (Å²) in [6.45, 7) is 1.85. The van der Waals surface area contributed by atoms with Gasteiger partial charge >= 0.3 is 0 Å². The van der Waals surface area contributed by atoms with Crippen molar-refractivity contribution in [3.8, 4) is 11.5 Å². The van der Waals surface area contributed by atoms with Gasteiger partial charge in [-0.15, -0.1) is 0 Å². The molecule has 2 aromatic rings. The summed E-state index contributed by atoms with van der Waals surface area (Å²) in [5, 5.41) is 13.3. The number of pyridine rings is 1. The lowest BCUT2D eigenvalue weighted by Gasteiger charge is -2.03. The number of carbonyl (C=O) groups is 1. The van der Waals surface area contributed by atoms with Crippen LogP contribution in [0.3, 0.4) is 0 Å². The number of methoxy groups -OCH3 is 1. The lowest BCUT2D eigenvalue weighted by Crippen LogP contribution is -2.17. The molecule has 108 valence electrons. The summed E-state index contributed by atoms with van der Waals surface area (Å²) < 4.78 is 4.99. The molecule has 2 rings (SSSR count). The maximum Gasteiger partial charge on any atom is 0.272 e. The molecule has 6 heteroatoms. The van der Waals surface area contributed by atoms with Gasteiger partial charge in [-0.3, -0.25) is 9.78 Å². The largest absolute Gasteiger partial charge is 0.504 e. The number of amides is 1. The van der Waals surface area contributed by atoms with Gasteiger partial charge < -0.3 is 9.84 Å². The van der Waals surface area contributed by atoms with E-state index in [2.05, 4.69) is 15.5 Å². The van der Waals surface area contributed by atoms with Crippen molar-refractivity contribution in [1.29, 1.82) is 0 Å². The second kappa shape index (κ2) is 6.51. The molecule has 1 aromatic heterocycles. The van der Waals surface area contributed by atoms with Gasteiger partial charge in [0.1, 0.15) is 0 Å². The van der Waals surface area contributed by atoms with E-state index in [1.165, 1.54) is 25.6 Å². The molecule has 0 aliphatic carbocycles. The van der Waals surface area contributed by atoms with Crippen LogP contribution in [0.5, 0.6) is 11.5 Å². The average Bonchev–Trinajstić information content (AvgIpc) is 2.49. The minimum Gasteiger partial charge on any atom is -0.504 e. The van der Waals surface area contributed by atoms with E-state index in [1.807, 2.05) is 6.92 Å². The van der Waals surface area contributed by atoms with Crippen LogP contribution in [0.2, 0.25) is 0 Å². The van der Waals surface area contributed by atoms with Gasteiger partial charge in [-0.2, -0.15) is 5.10 Å². The molecule has 0 aliphatic heterocycles. The van der Waals surface area contributed by atoms with Crippen LogP contribution in [0.1, 0.15) is 21.6 Å². The topological polar surface area (TPSA) is 83.8 Å². The first-order valence-corrected chi connectivity index (χ1v) is 6.23. The number of benzene rings is 1. The third-order valence-electron chi connectivity index (χ3n) is 2.76. The number of aromatic hydroxyl groups is 1. The Morgan fingerprint density at radius 1 is 1.38 bits per heavy atom. The summed E-state index contributed by atoms with van der Waals surface area (Å²) in [5.74, 6) is 0.0434. The highest BCUT2D eigenvalue weighted by molar-refractivity contribution is 5.94. The highest BCUT2D eigenvalue weighted by Gasteiger charge is 2.04. The zero-order chi connectivity index (χ0) is 15.2. The van der Waals surface area contributed by atoms with Crippen molar-refractivity contribution < 1.29 is 14.6 Å². The van der Waals surface area contributed by atoms with Crippen LogP contribution in [-0.4, -0.2) is 29.3 Å². The van der Waals surface area contributed by atoms with Crippen LogP contribution in [-0.2, 0) is 0 Å². The van der Waals surface area contributed by atoms with Crippen molar-refractivity contribution >= 4 is 12.1 Å². The Morgan fingerprint density at radius 3 is 2.86 bits per heavy atom. The molecule has 1 aromatic carbocycles. The van der Waals surface area contributed by atoms with Gasteiger partial charge in [0, 0.05) is 11.9 Å². The van der Waals surface area contributed by atoms with Crippen molar-refractivity contribution in [2.24, 2.45) is 5.10 Å². The number of rotatable bonds is 4. The van der Waals surface area contributed by atoms with Crippen LogP contribution < -0.4 is 10.2 Å². The predicted octanol–water partition coefficient (Wildman–Crippen LogP) is 1.87. The van der Waals surface area contributed by atoms with E-state index in [0.29, 0.717) is 16.9 Å². The number of aryl methyl sites for hydroxylation is 1. The van der Waals surface area contributed by atoms with Crippen LogP contribution in [0.15, 0.2) is 41.6 Å². The highest BCUT2D eigenvalue weighted by atomic mass is 16.5. The molecular weight excluding hydrogens is 270 g/mol. The minimum atomic E-state index is -0.343. The van der Waals surface area contributed by atoms with Crippen LogP contribution in [0.4, 0.5) is 0 Å². The molecule has 0 spiro atoms. The number of aromatic nitrogens is 1. The number of ether oxygens (including phenoxy) is 1. The Morgan fingerprint density at radius 2 is 2.19 bits per heavy atom. The van der Waals surface area contributed by atoms with E-state index >= 15 is 0 Å². The fourth-order valence-electron chi connectivity index (χ4n) is 1.61.